The van der Waals surface area contributed by atoms with Crippen molar-refractivity contribution in [2.24, 2.45) is 0 Å². The minimum atomic E-state index is -0.310. The summed E-state index contributed by atoms with van der Waals surface area (Å²) in [6.07, 6.45) is 2.36. The molecule has 214 valence electrons. The van der Waals surface area contributed by atoms with Crippen molar-refractivity contribution in [2.75, 3.05) is 38.2 Å². The molecule has 1 atom stereocenters. The summed E-state index contributed by atoms with van der Waals surface area (Å²) in [5.41, 5.74) is 4.94. The number of aromatic nitrogens is 1. The fourth-order valence-corrected chi connectivity index (χ4v) is 5.96. The number of halogens is 2. The molecular weight excluding hydrogens is 532 g/mol. The molecule has 0 N–H and O–H groups in total. The monoisotopic (exact) mass is 565 g/mol. The van der Waals surface area contributed by atoms with Gasteiger partial charge < -0.3 is 19.1 Å². The van der Waals surface area contributed by atoms with Crippen molar-refractivity contribution in [1.29, 1.82) is 0 Å². The number of fused-ring (bicyclic) bond motifs is 1. The van der Waals surface area contributed by atoms with Gasteiger partial charge in [0.05, 0.1) is 12.8 Å². The summed E-state index contributed by atoms with van der Waals surface area (Å²) in [7, 11) is 1.67. The maximum Gasteiger partial charge on any atom is 0.223 e. The number of ether oxygens (including phenoxy) is 1. The van der Waals surface area contributed by atoms with Crippen molar-refractivity contribution in [2.45, 2.75) is 18.9 Å². The van der Waals surface area contributed by atoms with Crippen LogP contribution in [0, 0.1) is 11.6 Å². The van der Waals surface area contributed by atoms with E-state index in [1.54, 1.807) is 31.4 Å². The number of carbonyl (C=O) groups is 1. The third-order valence-corrected chi connectivity index (χ3v) is 8.17. The molecule has 0 aliphatic carbocycles. The van der Waals surface area contributed by atoms with E-state index in [0.717, 1.165) is 39.0 Å². The number of carbonyl (C=O) groups excluding carboxylic acids is 1. The molecule has 1 amide bonds. The van der Waals surface area contributed by atoms with E-state index < -0.39 is 0 Å². The second-order valence-corrected chi connectivity index (χ2v) is 10.7. The summed E-state index contributed by atoms with van der Waals surface area (Å²) in [5.74, 6) is 0.0558. The Hall–Kier alpha value is -4.65. The molecule has 0 bridgehead atoms. The van der Waals surface area contributed by atoms with Crippen molar-refractivity contribution in [3.63, 3.8) is 0 Å². The molecule has 1 unspecified atom stereocenters. The van der Waals surface area contributed by atoms with Gasteiger partial charge in [0.1, 0.15) is 17.4 Å². The van der Waals surface area contributed by atoms with Gasteiger partial charge in [-0.2, -0.15) is 0 Å². The number of anilines is 1. The highest BCUT2D eigenvalue weighted by Crippen LogP contribution is 2.36. The Morgan fingerprint density at radius 1 is 0.810 bits per heavy atom. The Morgan fingerprint density at radius 2 is 1.45 bits per heavy atom. The maximum absolute atomic E-state index is 13.9. The van der Waals surface area contributed by atoms with E-state index in [4.69, 9.17) is 4.74 Å². The Morgan fingerprint density at radius 3 is 2.17 bits per heavy atom. The first kappa shape index (κ1) is 27.5. The smallest absolute Gasteiger partial charge is 0.223 e. The number of para-hydroxylation sites is 3. The summed E-state index contributed by atoms with van der Waals surface area (Å²) >= 11 is 0. The number of benzene rings is 4. The minimum absolute atomic E-state index is 0.0689. The van der Waals surface area contributed by atoms with Gasteiger partial charge in [-0.05, 0) is 59.2 Å². The Balaban J connectivity index is 1.28. The first-order chi connectivity index (χ1) is 20.5. The molecule has 0 saturated carbocycles. The second-order valence-electron chi connectivity index (χ2n) is 10.7. The first-order valence-corrected chi connectivity index (χ1v) is 14.2. The highest BCUT2D eigenvalue weighted by atomic mass is 19.1. The number of methoxy groups -OCH3 is 1. The van der Waals surface area contributed by atoms with E-state index in [0.29, 0.717) is 32.7 Å². The van der Waals surface area contributed by atoms with Crippen LogP contribution in [0.3, 0.4) is 0 Å². The predicted molar refractivity (Wildman–Crippen MR) is 162 cm³/mol. The van der Waals surface area contributed by atoms with E-state index >= 15 is 0 Å². The van der Waals surface area contributed by atoms with E-state index in [1.807, 2.05) is 41.3 Å². The lowest BCUT2D eigenvalue weighted by molar-refractivity contribution is -0.131. The van der Waals surface area contributed by atoms with Crippen molar-refractivity contribution < 1.29 is 18.3 Å². The van der Waals surface area contributed by atoms with E-state index in [-0.39, 0.29) is 29.9 Å². The second kappa shape index (κ2) is 12.1. The van der Waals surface area contributed by atoms with Gasteiger partial charge in [-0.3, -0.25) is 4.79 Å². The van der Waals surface area contributed by atoms with Gasteiger partial charge in [-0.15, -0.1) is 0 Å². The van der Waals surface area contributed by atoms with Crippen LogP contribution in [-0.4, -0.2) is 48.7 Å². The van der Waals surface area contributed by atoms with Gasteiger partial charge in [-0.25, -0.2) is 8.78 Å². The molecule has 1 fully saturated rings. The van der Waals surface area contributed by atoms with Crippen LogP contribution in [0.25, 0.3) is 10.9 Å². The molecule has 1 aliphatic heterocycles. The average Bonchev–Trinajstić information content (AvgIpc) is 3.39. The van der Waals surface area contributed by atoms with Crippen LogP contribution in [0.5, 0.6) is 5.75 Å². The fourth-order valence-electron chi connectivity index (χ4n) is 5.96. The van der Waals surface area contributed by atoms with E-state index in [2.05, 4.69) is 27.8 Å². The van der Waals surface area contributed by atoms with Gasteiger partial charge in [0.2, 0.25) is 5.91 Å². The molecule has 7 heteroatoms. The van der Waals surface area contributed by atoms with Gasteiger partial charge in [0.25, 0.3) is 0 Å². The quantitative estimate of drug-likeness (QED) is 0.207. The maximum atomic E-state index is 13.9. The molecule has 5 nitrogen and oxygen atoms in total. The van der Waals surface area contributed by atoms with Crippen LogP contribution in [0.4, 0.5) is 14.5 Å². The summed E-state index contributed by atoms with van der Waals surface area (Å²) in [5, 5.41) is 1.04. The molecule has 0 radical (unpaired) electrons. The van der Waals surface area contributed by atoms with Gasteiger partial charge in [0, 0.05) is 62.2 Å². The lowest BCUT2D eigenvalue weighted by Gasteiger charge is -2.37. The van der Waals surface area contributed by atoms with Gasteiger partial charge >= 0.3 is 0 Å². The van der Waals surface area contributed by atoms with Crippen LogP contribution < -0.4 is 9.64 Å². The fraction of sp³-hybridized carbons (Fsp3) is 0.229. The van der Waals surface area contributed by atoms with Crippen molar-refractivity contribution >= 4 is 22.5 Å². The molecular formula is C35H33F2N3O2. The summed E-state index contributed by atoms with van der Waals surface area (Å²) in [6.45, 7) is 3.21. The average molecular weight is 566 g/mol. The molecule has 4 aromatic carbocycles. The van der Waals surface area contributed by atoms with E-state index in [1.165, 1.54) is 24.3 Å². The standard InChI is InChI=1S/C35H33F2N3O2/c1-42-34-9-5-4-8-33(34)38-18-20-39(21-19-38)35(41)22-30(26-12-16-28(37)17-13-26)31-24-40(32-7-3-2-6-29(31)32)23-25-10-14-27(36)15-11-25/h2-17,24,30H,18-23H2,1H3. The van der Waals surface area contributed by atoms with Crippen LogP contribution in [0.1, 0.15) is 29.0 Å². The highest BCUT2D eigenvalue weighted by molar-refractivity contribution is 5.87. The molecule has 0 spiro atoms. The Kier molecular flexibility index (Phi) is 7.91. The van der Waals surface area contributed by atoms with Crippen molar-refractivity contribution in [1.82, 2.24) is 9.47 Å². The predicted octanol–water partition coefficient (Wildman–Crippen LogP) is 6.85. The molecule has 6 rings (SSSR count). The minimum Gasteiger partial charge on any atom is -0.495 e. The lowest BCUT2D eigenvalue weighted by Crippen LogP contribution is -2.49. The highest BCUT2D eigenvalue weighted by Gasteiger charge is 2.28. The number of hydrogen-bond acceptors (Lipinski definition) is 3. The summed E-state index contributed by atoms with van der Waals surface area (Å²) in [4.78, 5) is 18.0. The zero-order valence-corrected chi connectivity index (χ0v) is 23.5. The van der Waals surface area contributed by atoms with Crippen LogP contribution in [-0.2, 0) is 11.3 Å². The van der Waals surface area contributed by atoms with Crippen LogP contribution >= 0.6 is 0 Å². The Bertz CT molecular complexity index is 1670. The molecule has 1 aliphatic rings. The third-order valence-electron chi connectivity index (χ3n) is 8.17. The molecule has 1 saturated heterocycles. The lowest BCUT2D eigenvalue weighted by atomic mass is 9.87. The zero-order valence-electron chi connectivity index (χ0n) is 23.5. The van der Waals surface area contributed by atoms with E-state index in [9.17, 15) is 13.6 Å². The number of rotatable bonds is 8. The molecule has 1 aromatic heterocycles. The Labute approximate surface area is 244 Å². The number of piperazine rings is 1. The topological polar surface area (TPSA) is 37.7 Å². The van der Waals surface area contributed by atoms with Gasteiger partial charge in [-0.1, -0.05) is 54.6 Å². The molecule has 5 aromatic rings. The molecule has 2 heterocycles. The third kappa shape index (κ3) is 5.73. The summed E-state index contributed by atoms with van der Waals surface area (Å²) in [6, 6.07) is 29.0. The normalized spacial score (nSPS) is 14.3. The number of amides is 1. The van der Waals surface area contributed by atoms with Crippen molar-refractivity contribution in [3.8, 4) is 5.75 Å². The van der Waals surface area contributed by atoms with Crippen molar-refractivity contribution in [3.05, 3.63) is 132 Å². The zero-order chi connectivity index (χ0) is 29.1. The number of nitrogens with zero attached hydrogens (tertiary/aromatic N) is 3. The SMILES string of the molecule is COc1ccccc1N1CCN(C(=O)CC(c2ccc(F)cc2)c2cn(Cc3ccc(F)cc3)c3ccccc23)CC1. The van der Waals surface area contributed by atoms with Crippen LogP contribution in [0.2, 0.25) is 0 Å². The number of hydrogen-bond donors (Lipinski definition) is 0. The van der Waals surface area contributed by atoms with Gasteiger partial charge in [0.15, 0.2) is 0 Å². The summed E-state index contributed by atoms with van der Waals surface area (Å²) < 4.78 is 35.2. The van der Waals surface area contributed by atoms with Crippen LogP contribution in [0.15, 0.2) is 103 Å². The largest absolute Gasteiger partial charge is 0.495 e. The first-order valence-electron chi connectivity index (χ1n) is 14.2. The molecule has 42 heavy (non-hydrogen) atoms.